The Bertz CT molecular complexity index is 1260. The van der Waals surface area contributed by atoms with Gasteiger partial charge in [-0.05, 0) is 37.7 Å². The average molecular weight is 518 g/mol. The van der Waals surface area contributed by atoms with Crippen molar-refractivity contribution in [1.82, 2.24) is 10.2 Å². The zero-order valence-electron chi connectivity index (χ0n) is 21.1. The Morgan fingerprint density at radius 2 is 2.03 bits per heavy atom. The van der Waals surface area contributed by atoms with Gasteiger partial charge < -0.3 is 19.7 Å². The van der Waals surface area contributed by atoms with Crippen LogP contribution in [-0.4, -0.2) is 47.8 Å². The van der Waals surface area contributed by atoms with E-state index in [1.165, 1.54) is 11.8 Å². The van der Waals surface area contributed by atoms with E-state index in [-0.39, 0.29) is 25.0 Å². The Balaban J connectivity index is 1.53. The van der Waals surface area contributed by atoms with Gasteiger partial charge >= 0.3 is 5.97 Å². The number of hydrogen-bond acceptors (Lipinski definition) is 7. The number of amides is 1. The van der Waals surface area contributed by atoms with Crippen molar-refractivity contribution in [3.05, 3.63) is 88.0 Å². The van der Waals surface area contributed by atoms with Crippen molar-refractivity contribution in [2.24, 2.45) is 4.99 Å². The zero-order chi connectivity index (χ0) is 25.8. The quantitative estimate of drug-likeness (QED) is 0.499. The van der Waals surface area contributed by atoms with E-state index in [4.69, 9.17) is 14.5 Å². The molecule has 0 bridgehead atoms. The van der Waals surface area contributed by atoms with Crippen molar-refractivity contribution in [3.63, 3.8) is 0 Å². The van der Waals surface area contributed by atoms with E-state index < -0.39 is 12.0 Å². The first-order valence-corrected chi connectivity index (χ1v) is 13.6. The first kappa shape index (κ1) is 25.3. The number of aryl methyl sites for hydroxylation is 1. The lowest BCUT2D eigenvalue weighted by atomic mass is 9.90. The molecule has 2 aromatic rings. The van der Waals surface area contributed by atoms with Crippen LogP contribution < -0.4 is 5.32 Å². The van der Waals surface area contributed by atoms with Gasteiger partial charge in [-0.3, -0.25) is 4.79 Å². The van der Waals surface area contributed by atoms with E-state index in [1.807, 2.05) is 65.8 Å². The molecule has 1 N–H and O–H groups in total. The first-order valence-electron chi connectivity index (χ1n) is 12.7. The van der Waals surface area contributed by atoms with Gasteiger partial charge in [0.2, 0.25) is 5.91 Å². The molecular formula is C29H31N3O4S. The molecule has 5 rings (SSSR count). The molecule has 0 unspecified atom stereocenters. The second-order valence-corrected chi connectivity index (χ2v) is 10.1. The summed E-state index contributed by atoms with van der Waals surface area (Å²) in [7, 11) is 0. The number of nitrogens with one attached hydrogen (secondary N) is 1. The normalized spacial score (nSPS) is 20.9. The van der Waals surface area contributed by atoms with Crippen molar-refractivity contribution in [2.45, 2.75) is 45.3 Å². The molecular weight excluding hydrogens is 486 g/mol. The van der Waals surface area contributed by atoms with Crippen molar-refractivity contribution in [3.8, 4) is 0 Å². The van der Waals surface area contributed by atoms with Crippen LogP contribution in [-0.2, 0) is 19.1 Å². The second kappa shape index (κ2) is 11.4. The second-order valence-electron chi connectivity index (χ2n) is 9.27. The standard InChI is InChI=1S/C29H31N3O4S/c1-3-35-28(34)25-26(20-10-5-4-6-11-20)31-29-32(27(25)21-12-7-9-19(2)15-21)22(18-37-29)16-24(33)30-17-23-13-8-14-36-23/h4-7,9-12,15,18,23,27H,3,8,13-14,16-17H2,1-2H3,(H,30,33)/t23-,27-/m1/s1. The van der Waals surface area contributed by atoms with E-state index in [0.29, 0.717) is 17.8 Å². The maximum Gasteiger partial charge on any atom is 0.338 e. The number of benzene rings is 2. The number of hydrogen-bond donors (Lipinski definition) is 1. The maximum atomic E-state index is 13.5. The summed E-state index contributed by atoms with van der Waals surface area (Å²) in [5, 5.41) is 5.71. The average Bonchev–Trinajstić information content (AvgIpc) is 3.57. The molecule has 1 saturated heterocycles. The molecule has 0 saturated carbocycles. The van der Waals surface area contributed by atoms with Crippen LogP contribution in [0.2, 0.25) is 0 Å². The van der Waals surface area contributed by atoms with Gasteiger partial charge in [0.1, 0.15) is 0 Å². The molecule has 37 heavy (non-hydrogen) atoms. The highest BCUT2D eigenvalue weighted by molar-refractivity contribution is 8.16. The van der Waals surface area contributed by atoms with Crippen molar-refractivity contribution in [1.29, 1.82) is 0 Å². The number of esters is 1. The van der Waals surface area contributed by atoms with Gasteiger partial charge in [-0.25, -0.2) is 9.79 Å². The SMILES string of the molecule is CCOC(=O)C1=C(c2ccccc2)N=C2SC=C(CC(=O)NC[C@H]3CCCO3)N2[C@@H]1c1cccc(C)c1. The molecule has 0 radical (unpaired) electrons. The monoisotopic (exact) mass is 517 g/mol. The van der Waals surface area contributed by atoms with Gasteiger partial charge in [-0.2, -0.15) is 0 Å². The Morgan fingerprint density at radius 3 is 2.76 bits per heavy atom. The maximum absolute atomic E-state index is 13.5. The summed E-state index contributed by atoms with van der Waals surface area (Å²) < 4.78 is 11.2. The zero-order valence-corrected chi connectivity index (χ0v) is 21.9. The Labute approximate surface area is 221 Å². The number of nitrogens with zero attached hydrogens (tertiary/aromatic N) is 2. The van der Waals surface area contributed by atoms with Crippen LogP contribution >= 0.6 is 11.8 Å². The molecule has 3 heterocycles. The fourth-order valence-electron chi connectivity index (χ4n) is 4.90. The number of carbonyl (C=O) groups excluding carboxylic acids is 2. The number of fused-ring (bicyclic) bond motifs is 1. The summed E-state index contributed by atoms with van der Waals surface area (Å²) in [5.74, 6) is -0.489. The molecule has 2 aromatic carbocycles. The van der Waals surface area contributed by atoms with Gasteiger partial charge in [0.05, 0.1) is 36.4 Å². The summed E-state index contributed by atoms with van der Waals surface area (Å²) in [6.45, 7) is 5.34. The smallest absolute Gasteiger partial charge is 0.338 e. The summed E-state index contributed by atoms with van der Waals surface area (Å²) in [4.78, 5) is 33.4. The van der Waals surface area contributed by atoms with Gasteiger partial charge in [0, 0.05) is 24.4 Å². The molecule has 0 aromatic heterocycles. The van der Waals surface area contributed by atoms with Crippen molar-refractivity contribution >= 4 is 34.5 Å². The van der Waals surface area contributed by atoms with Gasteiger partial charge in [-0.1, -0.05) is 71.9 Å². The van der Waals surface area contributed by atoms with Gasteiger partial charge in [0.15, 0.2) is 5.17 Å². The number of amidine groups is 1. The number of ether oxygens (including phenoxy) is 2. The molecule has 8 heteroatoms. The molecule has 3 aliphatic heterocycles. The predicted molar refractivity (Wildman–Crippen MR) is 145 cm³/mol. The topological polar surface area (TPSA) is 80.2 Å². The highest BCUT2D eigenvalue weighted by Gasteiger charge is 2.42. The van der Waals surface area contributed by atoms with Crippen LogP contribution in [0.25, 0.3) is 5.70 Å². The third kappa shape index (κ3) is 5.50. The van der Waals surface area contributed by atoms with Crippen LogP contribution in [0.3, 0.4) is 0 Å². The lowest BCUT2D eigenvalue weighted by Gasteiger charge is -2.37. The number of rotatable bonds is 8. The lowest BCUT2D eigenvalue weighted by molar-refractivity contribution is -0.139. The number of aliphatic imine (C=N–C) groups is 1. The minimum absolute atomic E-state index is 0.0785. The van der Waals surface area contributed by atoms with Crippen LogP contribution in [0.15, 0.2) is 76.3 Å². The van der Waals surface area contributed by atoms with E-state index in [9.17, 15) is 9.59 Å². The van der Waals surface area contributed by atoms with Gasteiger partial charge in [-0.15, -0.1) is 0 Å². The Morgan fingerprint density at radius 1 is 1.19 bits per heavy atom. The fraction of sp³-hybridized carbons (Fsp3) is 0.345. The molecule has 0 spiro atoms. The largest absolute Gasteiger partial charge is 0.463 e. The predicted octanol–water partition coefficient (Wildman–Crippen LogP) is 4.96. The van der Waals surface area contributed by atoms with E-state index >= 15 is 0 Å². The lowest BCUT2D eigenvalue weighted by Crippen LogP contribution is -2.39. The summed E-state index contributed by atoms with van der Waals surface area (Å²) in [6, 6.07) is 17.3. The number of carbonyl (C=O) groups is 2. The van der Waals surface area contributed by atoms with Crippen molar-refractivity contribution in [2.75, 3.05) is 19.8 Å². The van der Waals surface area contributed by atoms with Crippen LogP contribution in [0.5, 0.6) is 0 Å². The molecule has 0 aliphatic carbocycles. The molecule has 7 nitrogen and oxygen atoms in total. The molecule has 1 amide bonds. The summed E-state index contributed by atoms with van der Waals surface area (Å²) in [5.41, 5.74) is 4.74. The van der Waals surface area contributed by atoms with Gasteiger partial charge in [0.25, 0.3) is 0 Å². The van der Waals surface area contributed by atoms with Crippen molar-refractivity contribution < 1.29 is 19.1 Å². The fourth-order valence-corrected chi connectivity index (χ4v) is 5.82. The first-order chi connectivity index (χ1) is 18.0. The minimum atomic E-state index is -0.478. The summed E-state index contributed by atoms with van der Waals surface area (Å²) in [6.07, 6.45) is 2.25. The van der Waals surface area contributed by atoms with Crippen LogP contribution in [0.4, 0.5) is 0 Å². The third-order valence-electron chi connectivity index (χ3n) is 6.60. The van der Waals surface area contributed by atoms with Crippen LogP contribution in [0.1, 0.15) is 48.9 Å². The van der Waals surface area contributed by atoms with E-state index in [0.717, 1.165) is 47.0 Å². The van der Waals surface area contributed by atoms with E-state index in [1.54, 1.807) is 6.92 Å². The highest BCUT2D eigenvalue weighted by atomic mass is 32.2. The van der Waals surface area contributed by atoms with E-state index in [2.05, 4.69) is 11.4 Å². The molecule has 3 aliphatic rings. The molecule has 2 atom stereocenters. The minimum Gasteiger partial charge on any atom is -0.463 e. The number of thioether (sulfide) groups is 1. The molecule has 1 fully saturated rings. The highest BCUT2D eigenvalue weighted by Crippen LogP contribution is 2.47. The molecule has 192 valence electrons. The van der Waals surface area contributed by atoms with Crippen LogP contribution in [0, 0.1) is 6.92 Å². The Kier molecular flexibility index (Phi) is 7.76. The Hall–Kier alpha value is -3.36. The third-order valence-corrected chi connectivity index (χ3v) is 7.49. The summed E-state index contributed by atoms with van der Waals surface area (Å²) >= 11 is 1.47.